The predicted molar refractivity (Wildman–Crippen MR) is 117 cm³/mol. The van der Waals surface area contributed by atoms with E-state index in [0.29, 0.717) is 32.7 Å². The van der Waals surface area contributed by atoms with Crippen LogP contribution in [-0.2, 0) is 9.59 Å². The molecule has 2 amide bonds. The van der Waals surface area contributed by atoms with Gasteiger partial charge in [0.05, 0.1) is 6.54 Å². The van der Waals surface area contributed by atoms with Gasteiger partial charge in [-0.25, -0.2) is 0 Å². The van der Waals surface area contributed by atoms with E-state index in [2.05, 4.69) is 16.4 Å². The van der Waals surface area contributed by atoms with E-state index in [0.717, 1.165) is 31.9 Å². The van der Waals surface area contributed by atoms with Gasteiger partial charge in [-0.1, -0.05) is 0 Å². The highest BCUT2D eigenvalue weighted by Crippen LogP contribution is 2.28. The first-order valence-corrected chi connectivity index (χ1v) is 11.3. The van der Waals surface area contributed by atoms with Crippen LogP contribution in [0.2, 0.25) is 0 Å². The molecule has 0 N–H and O–H groups in total. The number of hydrogen-bond acceptors (Lipinski definition) is 5. The van der Waals surface area contributed by atoms with Crippen molar-refractivity contribution in [3.05, 3.63) is 29.8 Å². The number of carbonyl (C=O) groups excluding carboxylic acids is 2. The molecule has 7 nitrogen and oxygen atoms in total. The molecule has 188 valence electrons. The molecule has 2 aliphatic rings. The van der Waals surface area contributed by atoms with E-state index >= 15 is 0 Å². The Morgan fingerprint density at radius 1 is 1.03 bits per heavy atom. The molecule has 11 heteroatoms. The van der Waals surface area contributed by atoms with E-state index in [9.17, 15) is 27.2 Å². The van der Waals surface area contributed by atoms with Crippen molar-refractivity contribution >= 4 is 17.9 Å². The van der Waals surface area contributed by atoms with E-state index in [1.165, 1.54) is 24.3 Å². The second-order valence-electron chi connectivity index (χ2n) is 8.32. The van der Waals surface area contributed by atoms with E-state index in [4.69, 9.17) is 0 Å². The van der Waals surface area contributed by atoms with Crippen molar-refractivity contribution in [1.29, 1.82) is 0 Å². The molecule has 0 radical (unpaired) electrons. The summed E-state index contributed by atoms with van der Waals surface area (Å²) in [6, 6.07) is 3.60. The van der Waals surface area contributed by atoms with Gasteiger partial charge in [0.15, 0.2) is 0 Å². The summed E-state index contributed by atoms with van der Waals surface area (Å²) in [5, 5.41) is 0. The molecule has 0 bridgehead atoms. The Labute approximate surface area is 195 Å². The molecule has 3 rings (SSSR count). The summed E-state index contributed by atoms with van der Waals surface area (Å²) in [5.41, 5.74) is 0.121. The van der Waals surface area contributed by atoms with Crippen molar-refractivity contribution in [1.82, 2.24) is 14.7 Å². The number of piperidine rings is 1. The Morgan fingerprint density at radius 3 is 2.38 bits per heavy atom. The topological polar surface area (TPSA) is 62.3 Å². The second kappa shape index (κ2) is 12.0. The van der Waals surface area contributed by atoms with E-state index in [-0.39, 0.29) is 34.9 Å². The largest absolute Gasteiger partial charge is 0.435 e. The molecule has 1 aromatic rings. The number of likely N-dealkylation sites (tertiary alicyclic amines) is 1. The molecule has 1 atom stereocenters. The van der Waals surface area contributed by atoms with Crippen LogP contribution in [0.25, 0.3) is 6.08 Å². The van der Waals surface area contributed by atoms with Crippen LogP contribution in [0.4, 0.5) is 17.6 Å². The highest BCUT2D eigenvalue weighted by atomic mass is 19.3. The first-order chi connectivity index (χ1) is 16.2. The lowest BCUT2D eigenvalue weighted by atomic mass is 10.0. The Balaban J connectivity index is 1.54. The summed E-state index contributed by atoms with van der Waals surface area (Å²) in [6.07, 6.45) is 5.70. The summed E-state index contributed by atoms with van der Waals surface area (Å²) < 4.78 is 58.8. The average molecular weight is 487 g/mol. The number of amides is 2. The quantitative estimate of drug-likeness (QED) is 0.415. The van der Waals surface area contributed by atoms with Crippen LogP contribution in [0.5, 0.6) is 11.5 Å². The SMILES string of the molecule is CC1CCCCN1C(=O)CN1CCN(C(=O)/C=C/c2ccc(OC(F)F)cc2OC(F)F)CC1. The van der Waals surface area contributed by atoms with Crippen molar-refractivity contribution in [3.63, 3.8) is 0 Å². The highest BCUT2D eigenvalue weighted by molar-refractivity contribution is 5.92. The number of ether oxygens (including phenoxy) is 2. The molecule has 0 spiro atoms. The van der Waals surface area contributed by atoms with Crippen molar-refractivity contribution in [2.24, 2.45) is 0 Å². The first-order valence-electron chi connectivity index (χ1n) is 11.3. The summed E-state index contributed by atoms with van der Waals surface area (Å²) in [5.74, 6) is -0.935. The molecule has 34 heavy (non-hydrogen) atoms. The van der Waals surface area contributed by atoms with Crippen LogP contribution < -0.4 is 9.47 Å². The normalized spacial score (nSPS) is 19.8. The van der Waals surface area contributed by atoms with Gasteiger partial charge in [0.2, 0.25) is 11.8 Å². The Hall–Kier alpha value is -2.82. The molecule has 0 aromatic heterocycles. The molecular formula is C23H29F4N3O4. The van der Waals surface area contributed by atoms with Crippen LogP contribution in [0.3, 0.4) is 0 Å². The summed E-state index contributed by atoms with van der Waals surface area (Å²) >= 11 is 0. The molecule has 2 fully saturated rings. The fraction of sp³-hybridized carbons (Fsp3) is 0.565. The van der Waals surface area contributed by atoms with Gasteiger partial charge < -0.3 is 19.3 Å². The maximum Gasteiger partial charge on any atom is 0.387 e. The number of halogens is 4. The van der Waals surface area contributed by atoms with E-state index in [1.807, 2.05) is 9.80 Å². The van der Waals surface area contributed by atoms with Crippen LogP contribution in [0, 0.1) is 0 Å². The predicted octanol–water partition coefficient (Wildman–Crippen LogP) is 3.45. The Bertz CT molecular complexity index is 876. The summed E-state index contributed by atoms with van der Waals surface area (Å²) in [6.45, 7) is -1.16. The Morgan fingerprint density at radius 2 is 1.74 bits per heavy atom. The number of rotatable bonds is 8. The van der Waals surface area contributed by atoms with Gasteiger partial charge in [-0.3, -0.25) is 14.5 Å². The van der Waals surface area contributed by atoms with Gasteiger partial charge in [-0.2, -0.15) is 17.6 Å². The van der Waals surface area contributed by atoms with Crippen LogP contribution in [-0.4, -0.2) is 85.0 Å². The molecule has 0 saturated carbocycles. The molecule has 2 heterocycles. The van der Waals surface area contributed by atoms with Gasteiger partial charge in [-0.05, 0) is 44.4 Å². The number of nitrogens with zero attached hydrogens (tertiary/aromatic N) is 3. The molecular weight excluding hydrogens is 458 g/mol. The maximum absolute atomic E-state index is 12.7. The lowest BCUT2D eigenvalue weighted by Gasteiger charge is -2.37. The minimum absolute atomic E-state index is 0.109. The molecule has 1 unspecified atom stereocenters. The Kier molecular flexibility index (Phi) is 9.14. The average Bonchev–Trinajstić information content (AvgIpc) is 2.78. The lowest BCUT2D eigenvalue weighted by Crippen LogP contribution is -2.52. The minimum Gasteiger partial charge on any atom is -0.435 e. The third-order valence-corrected chi connectivity index (χ3v) is 6.00. The number of benzene rings is 1. The number of alkyl halides is 4. The highest BCUT2D eigenvalue weighted by Gasteiger charge is 2.27. The molecule has 2 aliphatic heterocycles. The monoisotopic (exact) mass is 487 g/mol. The number of hydrogen-bond donors (Lipinski definition) is 0. The van der Waals surface area contributed by atoms with E-state index < -0.39 is 13.2 Å². The number of carbonyl (C=O) groups is 2. The maximum atomic E-state index is 12.7. The van der Waals surface area contributed by atoms with Crippen molar-refractivity contribution < 1.29 is 36.6 Å². The fourth-order valence-electron chi connectivity index (χ4n) is 4.17. The van der Waals surface area contributed by atoms with Gasteiger partial charge in [-0.15, -0.1) is 0 Å². The van der Waals surface area contributed by atoms with Crippen LogP contribution >= 0.6 is 0 Å². The van der Waals surface area contributed by atoms with Gasteiger partial charge >= 0.3 is 13.2 Å². The van der Waals surface area contributed by atoms with Crippen LogP contribution in [0.1, 0.15) is 31.7 Å². The summed E-state index contributed by atoms with van der Waals surface area (Å²) in [4.78, 5) is 30.7. The van der Waals surface area contributed by atoms with Gasteiger partial charge in [0.25, 0.3) is 0 Å². The molecule has 2 saturated heterocycles. The third kappa shape index (κ3) is 7.34. The molecule has 1 aromatic carbocycles. The standard InChI is InChI=1S/C23H29F4N3O4/c1-16-4-2-3-9-30(16)21(32)15-28-10-12-29(13-11-28)20(31)8-6-17-5-7-18(33-22(24)25)14-19(17)34-23(26)27/h5-8,14,16,22-23H,2-4,9-13,15H2,1H3/b8-6+. The third-order valence-electron chi connectivity index (χ3n) is 6.00. The van der Waals surface area contributed by atoms with Gasteiger partial charge in [0.1, 0.15) is 11.5 Å². The van der Waals surface area contributed by atoms with Crippen molar-refractivity contribution in [3.8, 4) is 11.5 Å². The van der Waals surface area contributed by atoms with E-state index in [1.54, 1.807) is 4.90 Å². The number of piperazine rings is 1. The fourth-order valence-corrected chi connectivity index (χ4v) is 4.17. The van der Waals surface area contributed by atoms with Crippen LogP contribution in [0.15, 0.2) is 24.3 Å². The minimum atomic E-state index is -3.17. The smallest absolute Gasteiger partial charge is 0.387 e. The van der Waals surface area contributed by atoms with Crippen molar-refractivity contribution in [2.75, 3.05) is 39.3 Å². The zero-order valence-corrected chi connectivity index (χ0v) is 19.0. The second-order valence-corrected chi connectivity index (χ2v) is 8.32. The van der Waals surface area contributed by atoms with Gasteiger partial charge in [0, 0.05) is 56.5 Å². The summed E-state index contributed by atoms with van der Waals surface area (Å²) in [7, 11) is 0. The molecule has 0 aliphatic carbocycles. The zero-order chi connectivity index (χ0) is 24.7. The lowest BCUT2D eigenvalue weighted by molar-refractivity contribution is -0.136. The van der Waals surface area contributed by atoms with Crippen molar-refractivity contribution in [2.45, 2.75) is 45.5 Å². The zero-order valence-electron chi connectivity index (χ0n) is 19.0. The first kappa shape index (κ1) is 25.8.